The van der Waals surface area contributed by atoms with Crippen LogP contribution in [0.25, 0.3) is 21.8 Å². The molecule has 0 aliphatic rings. The van der Waals surface area contributed by atoms with Gasteiger partial charge in [0.2, 0.25) is 23.6 Å². The van der Waals surface area contributed by atoms with Gasteiger partial charge in [0.05, 0.1) is 12.5 Å². The Balaban J connectivity index is 1.53. The molecule has 0 radical (unpaired) electrons. The number of aliphatic carboxylic acids is 1. The van der Waals surface area contributed by atoms with E-state index in [4.69, 9.17) is 17.2 Å². The van der Waals surface area contributed by atoms with Crippen molar-refractivity contribution in [3.63, 3.8) is 0 Å². The number of aromatic amines is 2. The molecule has 4 aromatic rings. The van der Waals surface area contributed by atoms with Gasteiger partial charge in [0.15, 0.2) is 0 Å². The van der Waals surface area contributed by atoms with Gasteiger partial charge in [-0.15, -0.1) is 0 Å². The molecule has 14 heteroatoms. The maximum absolute atomic E-state index is 13.7. The third kappa shape index (κ3) is 8.70. The second-order valence-electron chi connectivity index (χ2n) is 11.2. The quantitative estimate of drug-likeness (QED) is 0.0731. The molecule has 4 unspecified atom stereocenters. The largest absolute Gasteiger partial charge is 0.480 e. The molecule has 0 saturated heterocycles. The molecule has 4 amide bonds. The number of nitrogens with one attached hydrogen (secondary N) is 5. The maximum atomic E-state index is 13.7. The Kier molecular flexibility index (Phi) is 11.5. The van der Waals surface area contributed by atoms with E-state index in [1.54, 1.807) is 12.4 Å². The predicted octanol–water partition coefficient (Wildman–Crippen LogP) is 0.305. The predicted molar refractivity (Wildman–Crippen MR) is 172 cm³/mol. The van der Waals surface area contributed by atoms with E-state index in [1.165, 1.54) is 0 Å². The van der Waals surface area contributed by atoms with Gasteiger partial charge in [0, 0.05) is 47.0 Å². The molecule has 0 spiro atoms. The highest BCUT2D eigenvalue weighted by Crippen LogP contribution is 2.21. The van der Waals surface area contributed by atoms with Crippen molar-refractivity contribution in [2.24, 2.45) is 17.2 Å². The Morgan fingerprint density at radius 2 is 1.22 bits per heavy atom. The molecule has 0 bridgehead atoms. The Bertz CT molecular complexity index is 1700. The number of carboxylic acids is 1. The Morgan fingerprint density at radius 3 is 1.76 bits per heavy atom. The molecular formula is C32H40N8O6. The van der Waals surface area contributed by atoms with E-state index in [-0.39, 0.29) is 12.8 Å². The van der Waals surface area contributed by atoms with Gasteiger partial charge < -0.3 is 48.2 Å². The van der Waals surface area contributed by atoms with Crippen LogP contribution in [0.3, 0.4) is 0 Å². The first-order valence-electron chi connectivity index (χ1n) is 15.0. The first-order valence-corrected chi connectivity index (χ1v) is 15.0. The minimum Gasteiger partial charge on any atom is -0.480 e. The number of nitrogens with two attached hydrogens (primary N) is 3. The number of aromatic nitrogens is 2. The van der Waals surface area contributed by atoms with Crippen LogP contribution in [0, 0.1) is 0 Å². The van der Waals surface area contributed by atoms with Crippen LogP contribution in [0.15, 0.2) is 60.9 Å². The van der Waals surface area contributed by atoms with Gasteiger partial charge in [-0.05, 0) is 42.6 Å². The van der Waals surface area contributed by atoms with E-state index < -0.39 is 60.2 Å². The third-order valence-electron chi connectivity index (χ3n) is 7.79. The molecule has 0 aliphatic carbocycles. The maximum Gasteiger partial charge on any atom is 0.326 e. The molecule has 244 valence electrons. The summed E-state index contributed by atoms with van der Waals surface area (Å²) >= 11 is 0. The Hall–Kier alpha value is -5.21. The fourth-order valence-electron chi connectivity index (χ4n) is 5.32. The van der Waals surface area contributed by atoms with Crippen LogP contribution in [0.5, 0.6) is 0 Å². The summed E-state index contributed by atoms with van der Waals surface area (Å²) in [5.74, 6) is -4.48. The average molecular weight is 633 g/mol. The summed E-state index contributed by atoms with van der Waals surface area (Å²) in [5.41, 5.74) is 20.0. The standard InChI is InChI=1S/C32H40N8O6/c33-12-6-5-9-22(34)29(42)38-25(13-18-16-36-23-10-3-1-7-20(18)23)30(43)39-26(15-28(35)41)31(44)40-27(32(45)46)14-19-17-37-24-11-4-2-8-21(19)24/h1-4,7-8,10-11,16-17,22,25-27,36-37H,5-6,9,12-15,33-34H2,(H2,35,41)(H,38,42)(H,39,43)(H,40,44)(H,45,46). The van der Waals surface area contributed by atoms with Gasteiger partial charge in [-0.1, -0.05) is 42.8 Å². The number of H-pyrrole nitrogens is 2. The summed E-state index contributed by atoms with van der Waals surface area (Å²) in [5, 5.41) is 19.2. The summed E-state index contributed by atoms with van der Waals surface area (Å²) in [6, 6.07) is 9.71. The molecule has 2 aromatic heterocycles. The molecular weight excluding hydrogens is 592 g/mol. The molecule has 2 heterocycles. The molecule has 4 atom stereocenters. The zero-order valence-electron chi connectivity index (χ0n) is 25.3. The lowest BCUT2D eigenvalue weighted by atomic mass is 10.0. The topological polar surface area (TPSA) is 251 Å². The molecule has 4 rings (SSSR count). The van der Waals surface area contributed by atoms with Crippen LogP contribution in [0.1, 0.15) is 36.8 Å². The fraction of sp³-hybridized carbons (Fsp3) is 0.344. The summed E-state index contributed by atoms with van der Waals surface area (Å²) < 4.78 is 0. The molecule has 0 fully saturated rings. The summed E-state index contributed by atoms with van der Waals surface area (Å²) in [6.07, 6.45) is 4.38. The van der Waals surface area contributed by atoms with Crippen molar-refractivity contribution >= 4 is 51.4 Å². The fourth-order valence-corrected chi connectivity index (χ4v) is 5.32. The molecule has 0 saturated carbocycles. The van der Waals surface area contributed by atoms with Gasteiger partial charge in [-0.2, -0.15) is 0 Å². The summed E-state index contributed by atoms with van der Waals surface area (Å²) in [4.78, 5) is 70.4. The molecule has 2 aromatic carbocycles. The SMILES string of the molecule is NCCCCC(N)C(=O)NC(Cc1c[nH]c2ccccc12)C(=O)NC(CC(N)=O)C(=O)NC(Cc1c[nH]c2ccccc12)C(=O)O. The Morgan fingerprint density at radius 1 is 0.717 bits per heavy atom. The summed E-state index contributed by atoms with van der Waals surface area (Å²) in [6.45, 7) is 0.452. The van der Waals surface area contributed by atoms with Crippen LogP contribution < -0.4 is 33.2 Å². The second kappa shape index (κ2) is 15.7. The highest BCUT2D eigenvalue weighted by molar-refractivity contribution is 5.97. The van der Waals surface area contributed by atoms with Crippen molar-refractivity contribution in [2.45, 2.75) is 62.7 Å². The minimum absolute atomic E-state index is 0.0281. The number of hydrogen-bond donors (Lipinski definition) is 9. The van der Waals surface area contributed by atoms with Gasteiger partial charge in [-0.3, -0.25) is 19.2 Å². The van der Waals surface area contributed by atoms with Crippen molar-refractivity contribution in [1.82, 2.24) is 25.9 Å². The highest BCUT2D eigenvalue weighted by atomic mass is 16.4. The lowest BCUT2D eigenvalue weighted by Crippen LogP contribution is -2.58. The van der Waals surface area contributed by atoms with E-state index in [0.717, 1.165) is 21.8 Å². The molecule has 14 nitrogen and oxygen atoms in total. The van der Waals surface area contributed by atoms with E-state index in [9.17, 15) is 29.1 Å². The smallest absolute Gasteiger partial charge is 0.326 e. The number of benzene rings is 2. The number of hydrogen-bond acceptors (Lipinski definition) is 7. The van der Waals surface area contributed by atoms with Crippen molar-refractivity contribution in [3.8, 4) is 0 Å². The molecule has 46 heavy (non-hydrogen) atoms. The van der Waals surface area contributed by atoms with E-state index in [1.807, 2.05) is 48.5 Å². The van der Waals surface area contributed by atoms with E-state index >= 15 is 0 Å². The van der Waals surface area contributed by atoms with Crippen molar-refractivity contribution < 1.29 is 29.1 Å². The minimum atomic E-state index is -1.52. The van der Waals surface area contributed by atoms with Crippen LogP contribution >= 0.6 is 0 Å². The number of carbonyl (C=O) groups is 5. The number of para-hydroxylation sites is 2. The number of amides is 4. The summed E-state index contributed by atoms with van der Waals surface area (Å²) in [7, 11) is 0. The van der Waals surface area contributed by atoms with Crippen LogP contribution in [0.2, 0.25) is 0 Å². The lowest BCUT2D eigenvalue weighted by Gasteiger charge is -2.25. The zero-order chi connectivity index (χ0) is 33.2. The van der Waals surface area contributed by atoms with Crippen molar-refractivity contribution in [1.29, 1.82) is 0 Å². The van der Waals surface area contributed by atoms with Crippen LogP contribution in [0.4, 0.5) is 0 Å². The normalized spacial score (nSPS) is 13.9. The van der Waals surface area contributed by atoms with Crippen LogP contribution in [-0.4, -0.2) is 75.4 Å². The number of carbonyl (C=O) groups excluding carboxylic acids is 4. The van der Waals surface area contributed by atoms with E-state index in [0.29, 0.717) is 36.9 Å². The van der Waals surface area contributed by atoms with Crippen molar-refractivity contribution in [3.05, 3.63) is 72.1 Å². The zero-order valence-corrected chi connectivity index (χ0v) is 25.3. The number of rotatable bonds is 17. The number of carboxylic acid groups (broad SMARTS) is 1. The highest BCUT2D eigenvalue weighted by Gasteiger charge is 2.32. The lowest BCUT2D eigenvalue weighted by molar-refractivity contribution is -0.142. The monoisotopic (exact) mass is 632 g/mol. The van der Waals surface area contributed by atoms with Gasteiger partial charge >= 0.3 is 5.97 Å². The number of primary amides is 1. The van der Waals surface area contributed by atoms with Crippen molar-refractivity contribution in [2.75, 3.05) is 6.54 Å². The first-order chi connectivity index (χ1) is 22.1. The van der Waals surface area contributed by atoms with Gasteiger partial charge in [-0.25, -0.2) is 4.79 Å². The number of unbranched alkanes of at least 4 members (excludes halogenated alkanes) is 1. The Labute approximate surface area is 264 Å². The van der Waals surface area contributed by atoms with Crippen LogP contribution in [-0.2, 0) is 36.8 Å². The first kappa shape index (κ1) is 33.7. The van der Waals surface area contributed by atoms with E-state index in [2.05, 4.69) is 25.9 Å². The molecule has 12 N–H and O–H groups in total. The molecule has 0 aliphatic heterocycles. The third-order valence-corrected chi connectivity index (χ3v) is 7.79. The average Bonchev–Trinajstić information content (AvgIpc) is 3.63. The van der Waals surface area contributed by atoms with Gasteiger partial charge in [0.1, 0.15) is 18.1 Å². The van der Waals surface area contributed by atoms with Gasteiger partial charge in [0.25, 0.3) is 0 Å². The second-order valence-corrected chi connectivity index (χ2v) is 11.2. The number of fused-ring (bicyclic) bond motifs is 2.